The molecule has 2 aromatic heterocycles. The average Bonchev–Trinajstić information content (AvgIpc) is 3.30. The van der Waals surface area contributed by atoms with Crippen molar-refractivity contribution in [1.29, 1.82) is 0 Å². The summed E-state index contributed by atoms with van der Waals surface area (Å²) in [6.07, 6.45) is 0.639. The second kappa shape index (κ2) is 9.20. The van der Waals surface area contributed by atoms with Crippen LogP contribution < -0.4 is 5.32 Å². The summed E-state index contributed by atoms with van der Waals surface area (Å²) in [6.45, 7) is 3.50. The highest BCUT2D eigenvalue weighted by Gasteiger charge is 2.55. The molecule has 4 heterocycles. The van der Waals surface area contributed by atoms with E-state index >= 15 is 0 Å². The number of carbonyl (C=O) groups is 2. The number of imidazole rings is 1. The van der Waals surface area contributed by atoms with Gasteiger partial charge in [0.25, 0.3) is 0 Å². The van der Waals surface area contributed by atoms with Gasteiger partial charge in [0, 0.05) is 12.8 Å². The fraction of sp³-hybridized carbons (Fsp3) is 0.611. The fourth-order valence-electron chi connectivity index (χ4n) is 3.64. The molecule has 0 aliphatic carbocycles. The lowest BCUT2D eigenvalue weighted by atomic mass is 10.1. The summed E-state index contributed by atoms with van der Waals surface area (Å²) in [5.41, 5.74) is 0.638. The number of carbonyl (C=O) groups excluding carboxylic acids is 2. The highest BCUT2D eigenvalue weighted by molar-refractivity contribution is 7.47. The first-order valence-electron chi connectivity index (χ1n) is 10.3. The molecule has 0 saturated carbocycles. The number of rotatable bonds is 7. The quantitative estimate of drug-likeness (QED) is 0.448. The van der Waals surface area contributed by atoms with E-state index in [4.69, 9.17) is 18.5 Å². The topological polar surface area (TPSA) is 164 Å². The third kappa shape index (κ3) is 4.52. The minimum absolute atomic E-state index is 0.161. The second-order valence-corrected chi connectivity index (χ2v) is 8.85. The Morgan fingerprint density at radius 1 is 1.28 bits per heavy atom. The third-order valence-electron chi connectivity index (χ3n) is 5.03. The van der Waals surface area contributed by atoms with Gasteiger partial charge >= 0.3 is 13.8 Å². The molecule has 0 bridgehead atoms. The van der Waals surface area contributed by atoms with Crippen molar-refractivity contribution in [3.63, 3.8) is 0 Å². The molecule has 174 valence electrons. The Morgan fingerprint density at radius 3 is 2.81 bits per heavy atom. The molecule has 2 aliphatic rings. The Kier molecular flexibility index (Phi) is 6.54. The van der Waals surface area contributed by atoms with Gasteiger partial charge in [-0.1, -0.05) is 13.8 Å². The molecular formula is C18H24N5O8P. The van der Waals surface area contributed by atoms with Crippen LogP contribution in [-0.4, -0.2) is 61.2 Å². The number of phosphoric acid groups is 1. The molecule has 0 radical (unpaired) electrons. The molecule has 4 rings (SSSR count). The highest BCUT2D eigenvalue weighted by Crippen LogP contribution is 2.53. The highest BCUT2D eigenvalue weighted by atomic mass is 31.2. The van der Waals surface area contributed by atoms with E-state index in [-0.39, 0.29) is 24.8 Å². The molecule has 2 aromatic rings. The molecule has 2 N–H and O–H groups in total. The van der Waals surface area contributed by atoms with Gasteiger partial charge in [0.2, 0.25) is 5.91 Å². The summed E-state index contributed by atoms with van der Waals surface area (Å²) in [4.78, 5) is 46.7. The van der Waals surface area contributed by atoms with Gasteiger partial charge in [-0.2, -0.15) is 0 Å². The zero-order valence-electron chi connectivity index (χ0n) is 17.5. The van der Waals surface area contributed by atoms with Crippen molar-refractivity contribution in [3.8, 4) is 0 Å². The summed E-state index contributed by atoms with van der Waals surface area (Å²) in [6, 6.07) is 0. The predicted octanol–water partition coefficient (Wildman–Crippen LogP) is 1.69. The molecule has 0 spiro atoms. The number of aromatic nitrogens is 4. The van der Waals surface area contributed by atoms with E-state index in [1.54, 1.807) is 0 Å². The van der Waals surface area contributed by atoms with Crippen molar-refractivity contribution in [3.05, 3.63) is 12.7 Å². The van der Waals surface area contributed by atoms with Crippen LogP contribution in [0.5, 0.6) is 0 Å². The summed E-state index contributed by atoms with van der Waals surface area (Å²) in [5.74, 6) is -0.469. The van der Waals surface area contributed by atoms with Gasteiger partial charge in [-0.05, 0) is 12.8 Å². The lowest BCUT2D eigenvalue weighted by molar-refractivity contribution is -0.158. The minimum atomic E-state index is -4.30. The number of fused-ring (bicyclic) bond motifs is 2. The first kappa shape index (κ1) is 22.7. The summed E-state index contributed by atoms with van der Waals surface area (Å²) < 4.78 is 35.1. The monoisotopic (exact) mass is 469 g/mol. The van der Waals surface area contributed by atoms with Crippen LogP contribution in [0, 0.1) is 0 Å². The molecule has 14 heteroatoms. The average molecular weight is 469 g/mol. The number of hydrogen-bond acceptors (Lipinski definition) is 10. The van der Waals surface area contributed by atoms with Crippen LogP contribution in [0.2, 0.25) is 0 Å². The van der Waals surface area contributed by atoms with Crippen LogP contribution in [0.1, 0.15) is 45.8 Å². The fourth-order valence-corrected chi connectivity index (χ4v) is 4.60. The molecule has 2 saturated heterocycles. The SMILES string of the molecule is CCCC(=O)Nc1ncnc2c1ncn2[C@@H]1O[C@H]2COP(=O)(O)O[C@@H]2[C@@H]1OC(=O)CCC. The third-order valence-corrected chi connectivity index (χ3v) is 6.02. The van der Waals surface area contributed by atoms with Crippen LogP contribution in [0.25, 0.3) is 11.2 Å². The second-order valence-electron chi connectivity index (χ2n) is 7.45. The van der Waals surface area contributed by atoms with Crippen molar-refractivity contribution < 1.29 is 37.6 Å². The van der Waals surface area contributed by atoms with Crippen molar-refractivity contribution in [2.45, 2.75) is 64.1 Å². The van der Waals surface area contributed by atoms with Crippen LogP contribution in [0.4, 0.5) is 5.82 Å². The van der Waals surface area contributed by atoms with E-state index in [9.17, 15) is 19.0 Å². The lowest BCUT2D eigenvalue weighted by Gasteiger charge is -2.29. The van der Waals surface area contributed by atoms with Crippen LogP contribution in [-0.2, 0) is 32.7 Å². The number of nitrogens with zero attached hydrogens (tertiary/aromatic N) is 4. The Balaban J connectivity index is 1.68. The van der Waals surface area contributed by atoms with E-state index in [0.717, 1.165) is 0 Å². The lowest BCUT2D eigenvalue weighted by Crippen LogP contribution is -2.41. The molecular weight excluding hydrogens is 445 g/mol. The minimum Gasteiger partial charge on any atom is -0.455 e. The smallest absolute Gasteiger partial charge is 0.455 e. The predicted molar refractivity (Wildman–Crippen MR) is 108 cm³/mol. The van der Waals surface area contributed by atoms with Crippen molar-refractivity contribution in [2.24, 2.45) is 0 Å². The molecule has 2 fully saturated rings. The number of esters is 1. The molecule has 1 amide bonds. The van der Waals surface area contributed by atoms with E-state index in [1.165, 1.54) is 17.2 Å². The largest absolute Gasteiger partial charge is 0.472 e. The van der Waals surface area contributed by atoms with E-state index < -0.39 is 38.3 Å². The van der Waals surface area contributed by atoms with Gasteiger partial charge < -0.3 is 19.7 Å². The van der Waals surface area contributed by atoms with Gasteiger partial charge in [-0.15, -0.1) is 0 Å². The summed E-state index contributed by atoms with van der Waals surface area (Å²) >= 11 is 0. The number of anilines is 1. The number of ether oxygens (including phenoxy) is 2. The summed E-state index contributed by atoms with van der Waals surface area (Å²) in [7, 11) is -4.30. The zero-order valence-corrected chi connectivity index (χ0v) is 18.4. The Hall–Kier alpha value is -2.44. The Labute approximate surface area is 183 Å². The van der Waals surface area contributed by atoms with Crippen molar-refractivity contribution >= 4 is 36.7 Å². The Morgan fingerprint density at radius 2 is 2.06 bits per heavy atom. The number of nitrogens with one attached hydrogen (secondary N) is 1. The number of phosphoric ester groups is 1. The molecule has 32 heavy (non-hydrogen) atoms. The zero-order chi connectivity index (χ0) is 22.9. The number of amides is 1. The van der Waals surface area contributed by atoms with E-state index in [1.807, 2.05) is 13.8 Å². The van der Waals surface area contributed by atoms with Crippen LogP contribution in [0.3, 0.4) is 0 Å². The van der Waals surface area contributed by atoms with Gasteiger partial charge in [0.15, 0.2) is 29.3 Å². The van der Waals surface area contributed by atoms with Crippen molar-refractivity contribution in [1.82, 2.24) is 19.5 Å². The van der Waals surface area contributed by atoms with E-state index in [0.29, 0.717) is 30.4 Å². The number of hydrogen-bond donors (Lipinski definition) is 2. The molecule has 2 aliphatic heterocycles. The van der Waals surface area contributed by atoms with Crippen LogP contribution >= 0.6 is 7.82 Å². The van der Waals surface area contributed by atoms with Gasteiger partial charge in [0.05, 0.1) is 12.9 Å². The van der Waals surface area contributed by atoms with Gasteiger partial charge in [0.1, 0.15) is 18.5 Å². The molecule has 0 aromatic carbocycles. The standard InChI is InChI=1S/C18H24N5O8P/c1-3-5-11(24)22-16-13-17(20-8-19-16)23(9-21-13)18-15(30-12(25)6-4-2)14-10(29-18)7-28-32(26,27)31-14/h8-10,14-15,18H,3-7H2,1-2H3,(H,26,27)(H,19,20,22,24)/t10-,14-,15-,18+/m0/s1. The van der Waals surface area contributed by atoms with Gasteiger partial charge in [-0.3, -0.25) is 23.2 Å². The van der Waals surface area contributed by atoms with E-state index in [2.05, 4.69) is 20.3 Å². The maximum atomic E-state index is 12.3. The normalized spacial score (nSPS) is 29.6. The summed E-state index contributed by atoms with van der Waals surface area (Å²) in [5, 5.41) is 2.70. The maximum Gasteiger partial charge on any atom is 0.472 e. The molecule has 13 nitrogen and oxygen atoms in total. The first-order chi connectivity index (χ1) is 15.3. The Bertz CT molecular complexity index is 1060. The molecule has 5 atom stereocenters. The van der Waals surface area contributed by atoms with Crippen LogP contribution in [0.15, 0.2) is 12.7 Å². The first-order valence-corrected chi connectivity index (χ1v) is 11.8. The van der Waals surface area contributed by atoms with Crippen molar-refractivity contribution in [2.75, 3.05) is 11.9 Å². The molecule has 1 unspecified atom stereocenters. The van der Waals surface area contributed by atoms with Gasteiger partial charge in [-0.25, -0.2) is 19.5 Å². The maximum absolute atomic E-state index is 12.3.